The molecule has 0 aliphatic rings. The molecule has 0 amide bonds. The van der Waals surface area contributed by atoms with Crippen LogP contribution in [0.15, 0.2) is 12.4 Å². The highest BCUT2D eigenvalue weighted by atomic mass is 35.5. The molecule has 0 fully saturated rings. The van der Waals surface area contributed by atoms with E-state index in [0.29, 0.717) is 30.0 Å². The minimum Gasteiger partial charge on any atom is -0.379 e. The van der Waals surface area contributed by atoms with Gasteiger partial charge in [0.15, 0.2) is 0 Å². The zero-order valence-corrected chi connectivity index (χ0v) is 9.79. The van der Waals surface area contributed by atoms with E-state index in [4.69, 9.17) is 16.3 Å². The summed E-state index contributed by atoms with van der Waals surface area (Å²) >= 11 is 5.68. The van der Waals surface area contributed by atoms with E-state index in [1.54, 1.807) is 6.20 Å². The molecule has 0 aliphatic heterocycles. The first-order valence-electron chi connectivity index (χ1n) is 4.97. The van der Waals surface area contributed by atoms with E-state index >= 15 is 0 Å². The Morgan fingerprint density at radius 3 is 2.93 bits per heavy atom. The predicted octanol–water partition coefficient (Wildman–Crippen LogP) is 2.21. The maximum atomic E-state index is 5.68. The van der Waals surface area contributed by atoms with Crippen LogP contribution in [0.2, 0.25) is 5.15 Å². The first-order chi connectivity index (χ1) is 7.18. The van der Waals surface area contributed by atoms with Crippen LogP contribution >= 0.6 is 11.6 Å². The molecule has 5 heteroatoms. The third-order valence-corrected chi connectivity index (χ3v) is 1.79. The molecule has 1 heterocycles. The summed E-state index contributed by atoms with van der Waals surface area (Å²) in [5, 5.41) is 3.47. The molecule has 0 unspecified atom stereocenters. The van der Waals surface area contributed by atoms with Gasteiger partial charge in [-0.15, -0.1) is 0 Å². The van der Waals surface area contributed by atoms with Gasteiger partial charge in [0.05, 0.1) is 19.0 Å². The van der Waals surface area contributed by atoms with Gasteiger partial charge in [-0.1, -0.05) is 25.4 Å². The van der Waals surface area contributed by atoms with E-state index in [9.17, 15) is 0 Å². The largest absolute Gasteiger partial charge is 0.379 e. The van der Waals surface area contributed by atoms with Crippen molar-refractivity contribution < 1.29 is 4.74 Å². The fourth-order valence-corrected chi connectivity index (χ4v) is 1.15. The van der Waals surface area contributed by atoms with Gasteiger partial charge in [-0.2, -0.15) is 0 Å². The van der Waals surface area contributed by atoms with Crippen molar-refractivity contribution in [3.8, 4) is 0 Å². The monoisotopic (exact) mass is 229 g/mol. The Hall–Kier alpha value is -0.870. The fraction of sp³-hybridized carbons (Fsp3) is 0.600. The molecule has 84 valence electrons. The maximum Gasteiger partial charge on any atom is 0.149 e. The molecule has 0 bridgehead atoms. The minimum atomic E-state index is 0.392. The third-order valence-electron chi connectivity index (χ3n) is 1.61. The number of ether oxygens (including phenoxy) is 1. The van der Waals surface area contributed by atoms with Crippen molar-refractivity contribution in [2.45, 2.75) is 13.8 Å². The van der Waals surface area contributed by atoms with Crippen LogP contribution < -0.4 is 5.32 Å². The van der Waals surface area contributed by atoms with Crippen LogP contribution in [0.1, 0.15) is 13.8 Å². The Balaban J connectivity index is 2.15. The molecule has 1 aromatic heterocycles. The number of aromatic nitrogens is 2. The Kier molecular flexibility index (Phi) is 5.36. The third kappa shape index (κ3) is 5.54. The summed E-state index contributed by atoms with van der Waals surface area (Å²) in [6.45, 7) is 6.39. The molecular formula is C10H16ClN3O. The van der Waals surface area contributed by atoms with E-state index in [1.165, 1.54) is 6.20 Å². The lowest BCUT2D eigenvalue weighted by molar-refractivity contribution is 0.118. The average Bonchev–Trinajstić information content (AvgIpc) is 2.17. The van der Waals surface area contributed by atoms with Gasteiger partial charge >= 0.3 is 0 Å². The van der Waals surface area contributed by atoms with Gasteiger partial charge in [-0.05, 0) is 5.92 Å². The number of halogens is 1. The number of hydrogen-bond acceptors (Lipinski definition) is 4. The van der Waals surface area contributed by atoms with Gasteiger partial charge in [0.1, 0.15) is 11.0 Å². The van der Waals surface area contributed by atoms with E-state index in [0.717, 1.165) is 6.61 Å². The molecule has 0 atom stereocenters. The Morgan fingerprint density at radius 1 is 1.47 bits per heavy atom. The first kappa shape index (κ1) is 12.2. The smallest absolute Gasteiger partial charge is 0.149 e. The number of nitrogens with one attached hydrogen (secondary N) is 1. The lowest BCUT2D eigenvalue weighted by Crippen LogP contribution is -2.12. The molecule has 1 aromatic rings. The molecule has 0 aromatic carbocycles. The molecule has 0 saturated heterocycles. The van der Waals surface area contributed by atoms with Crippen molar-refractivity contribution in [2.24, 2.45) is 5.92 Å². The second-order valence-corrected chi connectivity index (χ2v) is 4.01. The molecule has 1 N–H and O–H groups in total. The first-order valence-corrected chi connectivity index (χ1v) is 5.35. The zero-order valence-electron chi connectivity index (χ0n) is 9.03. The van der Waals surface area contributed by atoms with Gasteiger partial charge in [0.2, 0.25) is 0 Å². The highest BCUT2D eigenvalue weighted by molar-refractivity contribution is 6.29. The van der Waals surface area contributed by atoms with E-state index < -0.39 is 0 Å². The molecule has 0 spiro atoms. The van der Waals surface area contributed by atoms with Gasteiger partial charge in [0.25, 0.3) is 0 Å². The zero-order chi connectivity index (χ0) is 11.1. The topological polar surface area (TPSA) is 47.0 Å². The van der Waals surface area contributed by atoms with Crippen molar-refractivity contribution in [3.05, 3.63) is 17.5 Å². The predicted molar refractivity (Wildman–Crippen MR) is 61.2 cm³/mol. The summed E-state index contributed by atoms with van der Waals surface area (Å²) in [5.41, 5.74) is 0. The molecule has 1 rings (SSSR count). The van der Waals surface area contributed by atoms with Crippen molar-refractivity contribution in [2.75, 3.05) is 25.1 Å². The summed E-state index contributed by atoms with van der Waals surface area (Å²) < 4.78 is 5.40. The van der Waals surface area contributed by atoms with Crippen molar-refractivity contribution in [1.29, 1.82) is 0 Å². The summed E-state index contributed by atoms with van der Waals surface area (Å²) in [7, 11) is 0. The maximum absolute atomic E-state index is 5.68. The fourth-order valence-electron chi connectivity index (χ4n) is 0.998. The average molecular weight is 230 g/mol. The minimum absolute atomic E-state index is 0.392. The Labute approximate surface area is 95.0 Å². The Morgan fingerprint density at radius 2 is 2.27 bits per heavy atom. The van der Waals surface area contributed by atoms with Crippen LogP contribution in [0.25, 0.3) is 0 Å². The van der Waals surface area contributed by atoms with E-state index in [1.807, 2.05) is 0 Å². The molecule has 0 saturated carbocycles. The normalized spacial score (nSPS) is 10.7. The Bertz CT molecular complexity index is 294. The quantitative estimate of drug-likeness (QED) is 0.760. The van der Waals surface area contributed by atoms with Crippen LogP contribution in [-0.4, -0.2) is 29.7 Å². The summed E-state index contributed by atoms with van der Waals surface area (Å²) in [6.07, 6.45) is 3.14. The molecule has 0 aliphatic carbocycles. The molecule has 4 nitrogen and oxygen atoms in total. The summed E-state index contributed by atoms with van der Waals surface area (Å²) in [4.78, 5) is 7.96. The molecular weight excluding hydrogens is 214 g/mol. The SMILES string of the molecule is CC(C)COCCNc1cncc(Cl)n1. The van der Waals surface area contributed by atoms with Crippen molar-refractivity contribution in [3.63, 3.8) is 0 Å². The number of hydrogen-bond donors (Lipinski definition) is 1. The van der Waals surface area contributed by atoms with Gasteiger partial charge in [-0.25, -0.2) is 4.98 Å². The number of nitrogens with zero attached hydrogens (tertiary/aromatic N) is 2. The lowest BCUT2D eigenvalue weighted by Gasteiger charge is -2.08. The second-order valence-electron chi connectivity index (χ2n) is 3.62. The summed E-state index contributed by atoms with van der Waals surface area (Å²) in [6, 6.07) is 0. The highest BCUT2D eigenvalue weighted by Gasteiger charge is 1.96. The van der Waals surface area contributed by atoms with E-state index in [2.05, 4.69) is 29.1 Å². The molecule has 15 heavy (non-hydrogen) atoms. The summed E-state index contributed by atoms with van der Waals surface area (Å²) in [5.74, 6) is 1.24. The lowest BCUT2D eigenvalue weighted by atomic mass is 10.2. The molecule has 0 radical (unpaired) electrons. The van der Waals surface area contributed by atoms with Gasteiger partial charge in [0, 0.05) is 13.2 Å². The number of anilines is 1. The van der Waals surface area contributed by atoms with Crippen LogP contribution in [0.5, 0.6) is 0 Å². The van der Waals surface area contributed by atoms with E-state index in [-0.39, 0.29) is 0 Å². The van der Waals surface area contributed by atoms with Gasteiger partial charge in [-0.3, -0.25) is 4.98 Å². The van der Waals surface area contributed by atoms with Crippen LogP contribution in [0, 0.1) is 5.92 Å². The van der Waals surface area contributed by atoms with Crippen LogP contribution in [0.3, 0.4) is 0 Å². The second kappa shape index (κ2) is 6.58. The van der Waals surface area contributed by atoms with Crippen LogP contribution in [-0.2, 0) is 4.74 Å². The van der Waals surface area contributed by atoms with Crippen molar-refractivity contribution >= 4 is 17.4 Å². The van der Waals surface area contributed by atoms with Crippen LogP contribution in [0.4, 0.5) is 5.82 Å². The standard InChI is InChI=1S/C10H16ClN3O/c1-8(2)7-15-4-3-13-10-6-12-5-9(11)14-10/h5-6,8H,3-4,7H2,1-2H3,(H,13,14). The van der Waals surface area contributed by atoms with Gasteiger partial charge < -0.3 is 10.1 Å². The number of rotatable bonds is 6. The highest BCUT2D eigenvalue weighted by Crippen LogP contribution is 2.05. The van der Waals surface area contributed by atoms with Crippen molar-refractivity contribution in [1.82, 2.24) is 9.97 Å².